The van der Waals surface area contributed by atoms with Gasteiger partial charge in [-0.15, -0.1) is 11.3 Å². The lowest BCUT2D eigenvalue weighted by atomic mass is 10.2. The monoisotopic (exact) mass is 198 g/mol. The van der Waals surface area contributed by atoms with Gasteiger partial charge in [0.1, 0.15) is 0 Å². The molecule has 1 rings (SSSR count). The molecule has 1 aromatic rings. The van der Waals surface area contributed by atoms with Crippen LogP contribution >= 0.6 is 11.3 Å². The summed E-state index contributed by atoms with van der Waals surface area (Å²) in [7, 11) is 0. The van der Waals surface area contributed by atoms with Gasteiger partial charge < -0.3 is 5.73 Å². The molecule has 74 valence electrons. The second-order valence-corrected chi connectivity index (χ2v) is 4.35. The van der Waals surface area contributed by atoms with Crippen molar-refractivity contribution in [2.45, 2.75) is 46.1 Å². The van der Waals surface area contributed by atoms with E-state index in [2.05, 4.69) is 18.8 Å². The zero-order valence-corrected chi connectivity index (χ0v) is 9.28. The van der Waals surface area contributed by atoms with Gasteiger partial charge in [0.15, 0.2) is 0 Å². The fraction of sp³-hybridized carbons (Fsp3) is 0.700. The molecule has 2 nitrogen and oxygen atoms in total. The molecule has 0 spiro atoms. The Morgan fingerprint density at radius 3 is 2.46 bits per heavy atom. The normalized spacial score (nSPS) is 10.7. The number of nitrogens with two attached hydrogens (primary N) is 1. The first-order valence-corrected chi connectivity index (χ1v) is 5.81. The second kappa shape index (κ2) is 5.35. The van der Waals surface area contributed by atoms with Gasteiger partial charge in [0.2, 0.25) is 0 Å². The maximum absolute atomic E-state index is 5.66. The van der Waals surface area contributed by atoms with Crippen LogP contribution in [0.25, 0.3) is 0 Å². The molecule has 0 aliphatic rings. The van der Waals surface area contributed by atoms with E-state index in [9.17, 15) is 0 Å². The molecule has 0 saturated carbocycles. The topological polar surface area (TPSA) is 38.9 Å². The highest BCUT2D eigenvalue weighted by Gasteiger charge is 2.07. The molecule has 0 atom stereocenters. The van der Waals surface area contributed by atoms with Crippen molar-refractivity contribution in [3.05, 3.63) is 15.6 Å². The highest BCUT2D eigenvalue weighted by atomic mass is 32.1. The van der Waals surface area contributed by atoms with Gasteiger partial charge in [-0.25, -0.2) is 4.98 Å². The zero-order valence-electron chi connectivity index (χ0n) is 8.47. The summed E-state index contributed by atoms with van der Waals surface area (Å²) in [6.07, 6.45) is 4.50. The van der Waals surface area contributed by atoms with Crippen molar-refractivity contribution < 1.29 is 0 Å². The highest BCUT2D eigenvalue weighted by Crippen LogP contribution is 2.20. The predicted octanol–water partition coefficient (Wildman–Crippen LogP) is 2.51. The van der Waals surface area contributed by atoms with Gasteiger partial charge in [0.05, 0.1) is 10.7 Å². The summed E-state index contributed by atoms with van der Waals surface area (Å²) >= 11 is 1.79. The van der Waals surface area contributed by atoms with Crippen LogP contribution in [0, 0.1) is 0 Å². The Morgan fingerprint density at radius 2 is 1.92 bits per heavy atom. The Bertz CT molecular complexity index is 255. The molecule has 3 heteroatoms. The average Bonchev–Trinajstić information content (AvgIpc) is 2.49. The van der Waals surface area contributed by atoms with E-state index in [1.54, 1.807) is 11.3 Å². The molecule has 13 heavy (non-hydrogen) atoms. The van der Waals surface area contributed by atoms with Gasteiger partial charge in [-0.3, -0.25) is 0 Å². The molecule has 2 N–H and O–H groups in total. The molecule has 0 saturated heterocycles. The van der Waals surface area contributed by atoms with Crippen molar-refractivity contribution in [3.8, 4) is 0 Å². The maximum Gasteiger partial charge on any atom is 0.0931 e. The lowest BCUT2D eigenvalue weighted by molar-refractivity contribution is 0.844. The number of nitrogens with zero attached hydrogens (tertiary/aromatic N) is 1. The van der Waals surface area contributed by atoms with Crippen molar-refractivity contribution >= 4 is 11.3 Å². The van der Waals surface area contributed by atoms with E-state index < -0.39 is 0 Å². The third-order valence-corrected chi connectivity index (χ3v) is 3.14. The molecule has 0 aliphatic heterocycles. The quantitative estimate of drug-likeness (QED) is 0.789. The van der Waals surface area contributed by atoms with Gasteiger partial charge in [-0.1, -0.05) is 20.3 Å². The Hall–Kier alpha value is -0.410. The molecule has 1 aromatic heterocycles. The molecule has 0 bridgehead atoms. The van der Waals surface area contributed by atoms with Crippen molar-refractivity contribution in [3.63, 3.8) is 0 Å². The summed E-state index contributed by atoms with van der Waals surface area (Å²) in [6.45, 7) is 5.01. The fourth-order valence-electron chi connectivity index (χ4n) is 1.35. The number of hydrogen-bond acceptors (Lipinski definition) is 3. The van der Waals surface area contributed by atoms with E-state index in [4.69, 9.17) is 5.73 Å². The number of rotatable bonds is 5. The van der Waals surface area contributed by atoms with Gasteiger partial charge in [0.25, 0.3) is 0 Å². The minimum atomic E-state index is 0.650. The second-order valence-electron chi connectivity index (χ2n) is 3.18. The molecular formula is C10H18N2S. The average molecular weight is 198 g/mol. The first-order valence-electron chi connectivity index (χ1n) is 4.99. The Balaban J connectivity index is 2.77. The van der Waals surface area contributed by atoms with Gasteiger partial charge in [0, 0.05) is 11.4 Å². The van der Waals surface area contributed by atoms with Crippen LogP contribution in [0.2, 0.25) is 0 Å². The van der Waals surface area contributed by atoms with Crippen LogP contribution in [0.1, 0.15) is 42.3 Å². The highest BCUT2D eigenvalue weighted by molar-refractivity contribution is 7.11. The molecule has 0 aromatic carbocycles. The molecule has 0 fully saturated rings. The Labute approximate surface area is 84.2 Å². The molecule has 0 radical (unpaired) electrons. The molecule has 0 unspecified atom stereocenters. The summed E-state index contributed by atoms with van der Waals surface area (Å²) in [5.74, 6) is 0. The summed E-state index contributed by atoms with van der Waals surface area (Å²) in [5, 5.41) is 1.26. The molecule has 1 heterocycles. The first kappa shape index (κ1) is 10.7. The molecule has 0 aliphatic carbocycles. The van der Waals surface area contributed by atoms with E-state index >= 15 is 0 Å². The third-order valence-electron chi connectivity index (χ3n) is 1.96. The van der Waals surface area contributed by atoms with Crippen molar-refractivity contribution in [2.75, 3.05) is 0 Å². The van der Waals surface area contributed by atoms with Crippen LogP contribution < -0.4 is 5.73 Å². The van der Waals surface area contributed by atoms with Crippen LogP contribution in [0.4, 0.5) is 0 Å². The van der Waals surface area contributed by atoms with Crippen LogP contribution in [0.5, 0.6) is 0 Å². The first-order chi connectivity index (χ1) is 6.31. The van der Waals surface area contributed by atoms with Crippen molar-refractivity contribution in [2.24, 2.45) is 5.73 Å². The summed E-state index contributed by atoms with van der Waals surface area (Å²) in [5.41, 5.74) is 6.90. The van der Waals surface area contributed by atoms with Crippen LogP contribution in [-0.4, -0.2) is 4.98 Å². The van der Waals surface area contributed by atoms with Crippen molar-refractivity contribution in [1.82, 2.24) is 4.98 Å². The predicted molar refractivity (Wildman–Crippen MR) is 58.0 cm³/mol. The largest absolute Gasteiger partial charge is 0.326 e. The lowest BCUT2D eigenvalue weighted by Crippen LogP contribution is -1.97. The zero-order chi connectivity index (χ0) is 9.68. The van der Waals surface area contributed by atoms with Gasteiger partial charge >= 0.3 is 0 Å². The van der Waals surface area contributed by atoms with E-state index in [1.165, 1.54) is 22.0 Å². The minimum Gasteiger partial charge on any atom is -0.326 e. The summed E-state index contributed by atoms with van der Waals surface area (Å²) < 4.78 is 0. The lowest BCUT2D eigenvalue weighted by Gasteiger charge is -1.94. The Morgan fingerprint density at radius 1 is 1.23 bits per heavy atom. The Kier molecular flexibility index (Phi) is 4.39. The van der Waals surface area contributed by atoms with Crippen LogP contribution in [0.15, 0.2) is 0 Å². The SMILES string of the molecule is CCCc1nc(CCC)c(CN)s1. The third kappa shape index (κ3) is 2.78. The maximum atomic E-state index is 5.66. The number of hydrogen-bond donors (Lipinski definition) is 1. The summed E-state index contributed by atoms with van der Waals surface area (Å²) in [6, 6.07) is 0. The molecular weight excluding hydrogens is 180 g/mol. The molecule has 0 amide bonds. The van der Waals surface area contributed by atoms with E-state index in [0.717, 1.165) is 19.3 Å². The van der Waals surface area contributed by atoms with E-state index in [1.807, 2.05) is 0 Å². The van der Waals surface area contributed by atoms with Crippen molar-refractivity contribution in [1.29, 1.82) is 0 Å². The number of aryl methyl sites for hydroxylation is 2. The van der Waals surface area contributed by atoms with Gasteiger partial charge in [-0.2, -0.15) is 0 Å². The number of thiazole rings is 1. The fourth-order valence-corrected chi connectivity index (χ4v) is 2.44. The van der Waals surface area contributed by atoms with Crippen LogP contribution in [-0.2, 0) is 19.4 Å². The minimum absolute atomic E-state index is 0.650. The smallest absolute Gasteiger partial charge is 0.0931 e. The number of aromatic nitrogens is 1. The standard InChI is InChI=1S/C10H18N2S/c1-3-5-8-9(7-11)13-10(12-8)6-4-2/h3-7,11H2,1-2H3. The van der Waals surface area contributed by atoms with E-state index in [-0.39, 0.29) is 0 Å². The summed E-state index contributed by atoms with van der Waals surface area (Å²) in [4.78, 5) is 5.88. The van der Waals surface area contributed by atoms with Gasteiger partial charge in [-0.05, 0) is 19.3 Å². The van der Waals surface area contributed by atoms with E-state index in [0.29, 0.717) is 6.54 Å². The van der Waals surface area contributed by atoms with Crippen LogP contribution in [0.3, 0.4) is 0 Å².